The summed E-state index contributed by atoms with van der Waals surface area (Å²) in [5, 5.41) is 12.0. The average molecular weight is 434 g/mol. The second-order valence-corrected chi connectivity index (χ2v) is 7.33. The minimum absolute atomic E-state index is 0.137. The lowest BCUT2D eigenvalue weighted by Crippen LogP contribution is -2.26. The topological polar surface area (TPSA) is 114 Å². The molecule has 0 heterocycles. The zero-order valence-electron chi connectivity index (χ0n) is 15.7. The highest BCUT2D eigenvalue weighted by Crippen LogP contribution is 2.36. The molecule has 2 aromatic carbocycles. The quantitative estimate of drug-likeness (QED) is 0.557. The van der Waals surface area contributed by atoms with Crippen LogP contribution in [0.4, 0.5) is 0 Å². The van der Waals surface area contributed by atoms with Crippen molar-refractivity contribution in [2.24, 2.45) is 5.73 Å². The first-order valence-corrected chi connectivity index (χ1v) is 10.1. The van der Waals surface area contributed by atoms with E-state index in [4.69, 9.17) is 32.1 Å². The van der Waals surface area contributed by atoms with E-state index in [0.29, 0.717) is 29.2 Å². The molecule has 0 fully saturated rings. The van der Waals surface area contributed by atoms with Gasteiger partial charge >= 0.3 is 0 Å². The van der Waals surface area contributed by atoms with E-state index < -0.39 is 5.91 Å². The number of methoxy groups -OCH3 is 1. The summed E-state index contributed by atoms with van der Waals surface area (Å²) in [6.45, 7) is 0.0891. The number of halogens is 1. The Kier molecular flexibility index (Phi) is 8.65. The van der Waals surface area contributed by atoms with E-state index in [1.54, 1.807) is 17.8 Å². The molecule has 0 aromatic heterocycles. The van der Waals surface area contributed by atoms with Gasteiger partial charge in [0.15, 0.2) is 18.1 Å². The first-order valence-electron chi connectivity index (χ1n) is 8.58. The summed E-state index contributed by atoms with van der Waals surface area (Å²) < 4.78 is 10.4. The number of benzene rings is 2. The van der Waals surface area contributed by atoms with Crippen molar-refractivity contribution in [3.8, 4) is 17.6 Å². The highest BCUT2D eigenvalue weighted by Gasteiger charge is 2.16. The minimum Gasteiger partial charge on any atom is -0.493 e. The number of nitriles is 1. The molecule has 0 bridgehead atoms. The molecule has 152 valence electrons. The zero-order valence-corrected chi connectivity index (χ0v) is 17.3. The van der Waals surface area contributed by atoms with Gasteiger partial charge in [-0.3, -0.25) is 9.59 Å². The van der Waals surface area contributed by atoms with Crippen LogP contribution in [0, 0.1) is 11.3 Å². The van der Waals surface area contributed by atoms with Gasteiger partial charge in [0, 0.05) is 23.6 Å². The predicted molar refractivity (Wildman–Crippen MR) is 112 cm³/mol. The molecule has 29 heavy (non-hydrogen) atoms. The Hall–Kier alpha value is -2.89. The Labute approximate surface area is 178 Å². The smallest absolute Gasteiger partial charge is 0.255 e. The number of hydrogen-bond acceptors (Lipinski definition) is 6. The molecule has 0 unspecified atom stereocenters. The summed E-state index contributed by atoms with van der Waals surface area (Å²) in [5.74, 6) is 0.772. The normalized spacial score (nSPS) is 10.1. The van der Waals surface area contributed by atoms with Crippen molar-refractivity contribution in [1.82, 2.24) is 5.32 Å². The molecule has 0 aliphatic rings. The van der Waals surface area contributed by atoms with Crippen molar-refractivity contribution in [3.63, 3.8) is 0 Å². The molecular weight excluding hydrogens is 414 g/mol. The third-order valence-corrected chi connectivity index (χ3v) is 5.07. The fourth-order valence-corrected chi connectivity index (χ4v) is 3.54. The first-order chi connectivity index (χ1) is 14.0. The summed E-state index contributed by atoms with van der Waals surface area (Å²) in [7, 11) is 1.40. The van der Waals surface area contributed by atoms with Crippen LogP contribution >= 0.6 is 23.4 Å². The van der Waals surface area contributed by atoms with Gasteiger partial charge in [0.05, 0.1) is 23.8 Å². The third-order valence-electron chi connectivity index (χ3n) is 3.78. The number of nitrogens with two attached hydrogens (primary N) is 1. The van der Waals surface area contributed by atoms with E-state index in [1.165, 1.54) is 19.2 Å². The van der Waals surface area contributed by atoms with Crippen LogP contribution in [0.15, 0.2) is 36.4 Å². The maximum absolute atomic E-state index is 12.4. The molecule has 2 rings (SSSR count). The third kappa shape index (κ3) is 6.59. The van der Waals surface area contributed by atoms with Gasteiger partial charge in [-0.15, -0.1) is 0 Å². The molecule has 0 saturated carbocycles. The number of hydrogen-bond donors (Lipinski definition) is 2. The summed E-state index contributed by atoms with van der Waals surface area (Å²) in [4.78, 5) is 23.3. The van der Waals surface area contributed by atoms with Crippen molar-refractivity contribution in [2.75, 3.05) is 26.0 Å². The van der Waals surface area contributed by atoms with Crippen molar-refractivity contribution < 1.29 is 19.1 Å². The van der Waals surface area contributed by atoms with Gasteiger partial charge in [0.1, 0.15) is 0 Å². The van der Waals surface area contributed by atoms with Crippen molar-refractivity contribution in [2.45, 2.75) is 5.75 Å². The summed E-state index contributed by atoms with van der Waals surface area (Å²) >= 11 is 7.77. The van der Waals surface area contributed by atoms with Crippen molar-refractivity contribution in [1.29, 1.82) is 5.26 Å². The Bertz CT molecular complexity index is 930. The Morgan fingerprint density at radius 1 is 1.31 bits per heavy atom. The zero-order chi connectivity index (χ0) is 21.2. The number of carbonyl (C=O) groups excluding carboxylic acids is 2. The van der Waals surface area contributed by atoms with Gasteiger partial charge in [-0.1, -0.05) is 29.8 Å². The number of thioether (sulfide) groups is 1. The number of nitrogens with zero attached hydrogens (tertiary/aromatic N) is 1. The summed E-state index contributed by atoms with van der Waals surface area (Å²) in [5.41, 5.74) is 6.99. The molecular formula is C20H20ClN3O4S. The number of amides is 2. The fraction of sp³-hybridized carbons (Fsp3) is 0.250. The predicted octanol–water partition coefficient (Wildman–Crippen LogP) is 2.75. The maximum Gasteiger partial charge on any atom is 0.255 e. The van der Waals surface area contributed by atoms with Gasteiger partial charge in [0.25, 0.3) is 11.8 Å². The second kappa shape index (κ2) is 11.2. The van der Waals surface area contributed by atoms with E-state index in [9.17, 15) is 9.59 Å². The van der Waals surface area contributed by atoms with E-state index in [0.717, 1.165) is 5.56 Å². The van der Waals surface area contributed by atoms with Crippen LogP contribution in [-0.2, 0) is 10.5 Å². The van der Waals surface area contributed by atoms with Gasteiger partial charge in [0.2, 0.25) is 0 Å². The Morgan fingerprint density at radius 3 is 2.76 bits per heavy atom. The lowest BCUT2D eigenvalue weighted by Gasteiger charge is -2.13. The molecule has 2 aromatic rings. The van der Waals surface area contributed by atoms with Crippen molar-refractivity contribution >= 4 is 35.2 Å². The molecule has 0 spiro atoms. The van der Waals surface area contributed by atoms with Crippen molar-refractivity contribution in [3.05, 3.63) is 58.1 Å². The number of carbonyl (C=O) groups is 2. The highest BCUT2D eigenvalue weighted by atomic mass is 35.5. The van der Waals surface area contributed by atoms with Gasteiger partial charge < -0.3 is 20.5 Å². The molecule has 0 aliphatic heterocycles. The van der Waals surface area contributed by atoms with Crippen LogP contribution < -0.4 is 20.5 Å². The summed E-state index contributed by atoms with van der Waals surface area (Å²) in [6.07, 6.45) is 0. The molecule has 2 amide bonds. The van der Waals surface area contributed by atoms with E-state index in [2.05, 4.69) is 11.4 Å². The molecule has 0 radical (unpaired) electrons. The lowest BCUT2D eigenvalue weighted by atomic mass is 10.1. The monoisotopic (exact) mass is 433 g/mol. The number of primary amides is 1. The van der Waals surface area contributed by atoms with Gasteiger partial charge in [-0.05, 0) is 23.8 Å². The Balaban J connectivity index is 1.89. The fourth-order valence-electron chi connectivity index (χ4n) is 2.41. The maximum atomic E-state index is 12.4. The van der Waals surface area contributed by atoms with Gasteiger partial charge in [-0.2, -0.15) is 17.0 Å². The molecule has 0 saturated heterocycles. The molecule has 0 atom stereocenters. The van der Waals surface area contributed by atoms with Crippen LogP contribution in [-0.4, -0.2) is 37.8 Å². The molecule has 9 heteroatoms. The van der Waals surface area contributed by atoms with Crippen LogP contribution in [0.5, 0.6) is 11.5 Å². The standard InChI is InChI=1S/C20H20ClN3O4S/c1-27-17-9-15(8-16(21)19(17)28-11-18(23)25)20(26)24-6-7-29-12-14-5-3-2-4-13(14)10-22/h2-5,8-9H,6-7,11-12H2,1H3,(H2,23,25)(H,24,26). The highest BCUT2D eigenvalue weighted by molar-refractivity contribution is 7.98. The van der Waals surface area contributed by atoms with Crippen LogP contribution in [0.3, 0.4) is 0 Å². The van der Waals surface area contributed by atoms with E-state index in [1.807, 2.05) is 18.2 Å². The molecule has 0 aliphatic carbocycles. The molecule has 3 N–H and O–H groups in total. The molecule has 7 nitrogen and oxygen atoms in total. The minimum atomic E-state index is -0.653. The second-order valence-electron chi connectivity index (χ2n) is 5.82. The average Bonchev–Trinajstić information content (AvgIpc) is 2.71. The van der Waals surface area contributed by atoms with Crippen LogP contribution in [0.25, 0.3) is 0 Å². The number of ether oxygens (including phenoxy) is 2. The van der Waals surface area contributed by atoms with Gasteiger partial charge in [-0.25, -0.2) is 0 Å². The number of rotatable bonds is 10. The van der Waals surface area contributed by atoms with Crippen LogP contribution in [0.2, 0.25) is 5.02 Å². The SMILES string of the molecule is COc1cc(C(=O)NCCSCc2ccccc2C#N)cc(Cl)c1OCC(N)=O. The number of nitrogens with one attached hydrogen (secondary N) is 1. The van der Waals surface area contributed by atoms with E-state index in [-0.39, 0.29) is 29.0 Å². The summed E-state index contributed by atoms with van der Waals surface area (Å²) in [6, 6.07) is 12.5. The van der Waals surface area contributed by atoms with E-state index >= 15 is 0 Å². The first kappa shape index (κ1) is 22.4. The lowest BCUT2D eigenvalue weighted by molar-refractivity contribution is -0.119. The largest absolute Gasteiger partial charge is 0.493 e. The Morgan fingerprint density at radius 2 is 2.07 bits per heavy atom. The van der Waals surface area contributed by atoms with Crippen LogP contribution in [0.1, 0.15) is 21.5 Å².